The molecule has 1 aromatic carbocycles. The molecule has 1 atom stereocenters. The van der Waals surface area contributed by atoms with Crippen molar-refractivity contribution in [1.82, 2.24) is 0 Å². The number of ether oxygens (including phenoxy) is 1. The first-order chi connectivity index (χ1) is 8.18. The van der Waals surface area contributed by atoms with Crippen LogP contribution in [0.2, 0.25) is 0 Å². The highest BCUT2D eigenvalue weighted by Crippen LogP contribution is 2.29. The Kier molecular flexibility index (Phi) is 4.02. The number of aliphatic carboxylic acids is 1. The molecule has 2 rings (SSSR count). The van der Waals surface area contributed by atoms with E-state index in [4.69, 9.17) is 9.84 Å². The van der Waals surface area contributed by atoms with Crippen LogP contribution in [0.3, 0.4) is 0 Å². The Balaban J connectivity index is 2.21. The number of carboxylic acids is 1. The lowest BCUT2D eigenvalue weighted by atomic mass is 10.1. The van der Waals surface area contributed by atoms with Gasteiger partial charge in [0, 0.05) is 11.0 Å². The number of hydrogen-bond acceptors (Lipinski definition) is 3. The van der Waals surface area contributed by atoms with Crippen molar-refractivity contribution in [3.8, 4) is 0 Å². The highest BCUT2D eigenvalue weighted by Gasteiger charge is 2.26. The van der Waals surface area contributed by atoms with Crippen molar-refractivity contribution in [3.05, 3.63) is 28.7 Å². The lowest BCUT2D eigenvalue weighted by Crippen LogP contribution is -2.46. The smallest absolute Gasteiger partial charge is 0.305 e. The van der Waals surface area contributed by atoms with Gasteiger partial charge in [0.15, 0.2) is 0 Å². The number of anilines is 1. The fourth-order valence-electron chi connectivity index (χ4n) is 2.03. The molecule has 1 unspecified atom stereocenters. The van der Waals surface area contributed by atoms with E-state index in [2.05, 4.69) is 20.8 Å². The molecule has 1 N–H and O–H groups in total. The molecule has 0 aliphatic carbocycles. The molecule has 1 aliphatic rings. The molecule has 0 bridgehead atoms. The van der Waals surface area contributed by atoms with Crippen molar-refractivity contribution >= 4 is 27.6 Å². The van der Waals surface area contributed by atoms with Gasteiger partial charge in [0.1, 0.15) is 0 Å². The summed E-state index contributed by atoms with van der Waals surface area (Å²) in [6.07, 6.45) is 0.0985. The van der Waals surface area contributed by atoms with Crippen molar-refractivity contribution in [2.24, 2.45) is 0 Å². The first-order valence-corrected chi connectivity index (χ1v) is 6.28. The van der Waals surface area contributed by atoms with Crippen molar-refractivity contribution in [3.63, 3.8) is 0 Å². The van der Waals surface area contributed by atoms with Gasteiger partial charge in [-0.25, -0.2) is 0 Å². The van der Waals surface area contributed by atoms with Gasteiger partial charge in [-0.05, 0) is 28.1 Å². The van der Waals surface area contributed by atoms with Gasteiger partial charge in [0.05, 0.1) is 31.4 Å². The van der Waals surface area contributed by atoms with Crippen LogP contribution in [0.1, 0.15) is 6.42 Å². The fourth-order valence-corrected chi connectivity index (χ4v) is 2.54. The first kappa shape index (κ1) is 12.4. The normalized spacial score (nSPS) is 20.3. The van der Waals surface area contributed by atoms with Gasteiger partial charge in [-0.3, -0.25) is 4.79 Å². The van der Waals surface area contributed by atoms with Gasteiger partial charge < -0.3 is 14.7 Å². The van der Waals surface area contributed by atoms with Crippen molar-refractivity contribution in [2.75, 3.05) is 24.7 Å². The highest BCUT2D eigenvalue weighted by molar-refractivity contribution is 9.10. The molecule has 0 amide bonds. The SMILES string of the molecule is O=C(O)CC1COCCN1c1ccccc1Br. The molecule has 1 heterocycles. The van der Waals surface area contributed by atoms with Crippen LogP contribution in [-0.2, 0) is 9.53 Å². The van der Waals surface area contributed by atoms with Crippen LogP contribution in [-0.4, -0.2) is 36.9 Å². The van der Waals surface area contributed by atoms with Crippen molar-refractivity contribution < 1.29 is 14.6 Å². The van der Waals surface area contributed by atoms with Gasteiger partial charge in [0.25, 0.3) is 0 Å². The summed E-state index contributed by atoms with van der Waals surface area (Å²) >= 11 is 3.50. The van der Waals surface area contributed by atoms with Crippen LogP contribution < -0.4 is 4.90 Å². The summed E-state index contributed by atoms with van der Waals surface area (Å²) in [5.41, 5.74) is 1.03. The minimum atomic E-state index is -0.794. The third kappa shape index (κ3) is 2.98. The largest absolute Gasteiger partial charge is 0.481 e. The van der Waals surface area contributed by atoms with E-state index in [-0.39, 0.29) is 12.5 Å². The lowest BCUT2D eigenvalue weighted by molar-refractivity contribution is -0.138. The van der Waals surface area contributed by atoms with Crippen LogP contribution in [0.4, 0.5) is 5.69 Å². The quantitative estimate of drug-likeness (QED) is 0.929. The van der Waals surface area contributed by atoms with Crippen LogP contribution in [0.25, 0.3) is 0 Å². The monoisotopic (exact) mass is 299 g/mol. The Hall–Kier alpha value is -1.07. The standard InChI is InChI=1S/C12H14BrNO3/c13-10-3-1-2-4-11(10)14-5-6-17-8-9(14)7-12(15)16/h1-4,9H,5-8H2,(H,15,16). The topological polar surface area (TPSA) is 49.8 Å². The molecular formula is C12H14BrNO3. The summed E-state index contributed by atoms with van der Waals surface area (Å²) in [7, 11) is 0. The van der Waals surface area contributed by atoms with Gasteiger partial charge in [0.2, 0.25) is 0 Å². The average Bonchev–Trinajstić information content (AvgIpc) is 2.30. The number of rotatable bonds is 3. The zero-order chi connectivity index (χ0) is 12.3. The number of halogens is 1. The Labute approximate surface area is 108 Å². The van der Waals surface area contributed by atoms with E-state index < -0.39 is 5.97 Å². The minimum Gasteiger partial charge on any atom is -0.481 e. The van der Waals surface area contributed by atoms with E-state index in [0.29, 0.717) is 13.2 Å². The zero-order valence-electron chi connectivity index (χ0n) is 9.30. The molecule has 1 saturated heterocycles. The highest BCUT2D eigenvalue weighted by atomic mass is 79.9. The fraction of sp³-hybridized carbons (Fsp3) is 0.417. The molecular weight excluding hydrogens is 286 g/mol. The first-order valence-electron chi connectivity index (χ1n) is 5.49. The maximum absolute atomic E-state index is 10.8. The van der Waals surface area contributed by atoms with Crippen LogP contribution in [0, 0.1) is 0 Å². The van der Waals surface area contributed by atoms with Gasteiger partial charge in [-0.15, -0.1) is 0 Å². The zero-order valence-corrected chi connectivity index (χ0v) is 10.9. The molecule has 1 aromatic rings. The Morgan fingerprint density at radius 1 is 1.53 bits per heavy atom. The van der Waals surface area contributed by atoms with E-state index in [9.17, 15) is 4.79 Å². The number of para-hydroxylation sites is 1. The summed E-state index contributed by atoms with van der Waals surface area (Å²) in [6.45, 7) is 1.83. The van der Waals surface area contributed by atoms with Crippen molar-refractivity contribution in [1.29, 1.82) is 0 Å². The molecule has 1 fully saturated rings. The molecule has 0 saturated carbocycles. The maximum Gasteiger partial charge on any atom is 0.305 e. The van der Waals surface area contributed by atoms with Gasteiger partial charge in [-0.2, -0.15) is 0 Å². The average molecular weight is 300 g/mol. The molecule has 0 radical (unpaired) electrons. The summed E-state index contributed by atoms with van der Waals surface area (Å²) in [5, 5.41) is 8.91. The minimum absolute atomic E-state index is 0.0973. The summed E-state index contributed by atoms with van der Waals surface area (Å²) < 4.78 is 6.34. The number of carbonyl (C=O) groups is 1. The van der Waals surface area contributed by atoms with E-state index in [1.807, 2.05) is 24.3 Å². The number of morpholine rings is 1. The van der Waals surface area contributed by atoms with Crippen molar-refractivity contribution in [2.45, 2.75) is 12.5 Å². The Bertz CT molecular complexity index is 410. The predicted octanol–water partition coefficient (Wildman–Crippen LogP) is 2.13. The predicted molar refractivity (Wildman–Crippen MR) is 68.3 cm³/mol. The third-order valence-corrected chi connectivity index (χ3v) is 3.47. The number of benzene rings is 1. The summed E-state index contributed by atoms with van der Waals surface area (Å²) in [5.74, 6) is -0.794. The van der Waals surface area contributed by atoms with Gasteiger partial charge in [-0.1, -0.05) is 12.1 Å². The Morgan fingerprint density at radius 2 is 2.29 bits per heavy atom. The molecule has 0 spiro atoms. The van der Waals surface area contributed by atoms with Crippen LogP contribution >= 0.6 is 15.9 Å². The second-order valence-corrected chi connectivity index (χ2v) is 4.83. The Morgan fingerprint density at radius 3 is 3.00 bits per heavy atom. The number of carboxylic acid groups (broad SMARTS) is 1. The van der Waals surface area contributed by atoms with Gasteiger partial charge >= 0.3 is 5.97 Å². The third-order valence-electron chi connectivity index (χ3n) is 2.80. The van der Waals surface area contributed by atoms with E-state index in [0.717, 1.165) is 16.7 Å². The molecule has 92 valence electrons. The number of hydrogen-bond donors (Lipinski definition) is 1. The summed E-state index contributed by atoms with van der Waals surface area (Å²) in [6, 6.07) is 7.75. The van der Waals surface area contributed by atoms with Crippen LogP contribution in [0.15, 0.2) is 28.7 Å². The molecule has 1 aliphatic heterocycles. The molecule has 0 aromatic heterocycles. The maximum atomic E-state index is 10.8. The lowest BCUT2D eigenvalue weighted by Gasteiger charge is -2.37. The second kappa shape index (κ2) is 5.51. The molecule has 4 nitrogen and oxygen atoms in total. The van der Waals surface area contributed by atoms with E-state index in [1.54, 1.807) is 0 Å². The number of nitrogens with zero attached hydrogens (tertiary/aromatic N) is 1. The van der Waals surface area contributed by atoms with E-state index in [1.165, 1.54) is 0 Å². The summed E-state index contributed by atoms with van der Waals surface area (Å²) in [4.78, 5) is 12.9. The van der Waals surface area contributed by atoms with E-state index >= 15 is 0 Å². The van der Waals surface area contributed by atoms with Crippen LogP contribution in [0.5, 0.6) is 0 Å². The second-order valence-electron chi connectivity index (χ2n) is 3.97. The molecule has 17 heavy (non-hydrogen) atoms. The molecule has 5 heteroatoms.